The number of morpholine rings is 1. The van der Waals surface area contributed by atoms with E-state index >= 15 is 0 Å². The average Bonchev–Trinajstić information content (AvgIpc) is 2.72. The Kier molecular flexibility index (Phi) is 4.63. The minimum absolute atomic E-state index is 0.0127. The number of hydrogen-bond acceptors (Lipinski definition) is 9. The van der Waals surface area contributed by atoms with Crippen molar-refractivity contribution in [3.63, 3.8) is 0 Å². The third kappa shape index (κ3) is 3.56. The molecule has 9 nitrogen and oxygen atoms in total. The number of fused-ring (bicyclic) bond motifs is 1. The van der Waals surface area contributed by atoms with Crippen LogP contribution in [-0.2, 0) is 4.74 Å². The van der Waals surface area contributed by atoms with Crippen LogP contribution in [0.4, 0.5) is 11.8 Å². The molecule has 1 aliphatic rings. The zero-order valence-corrected chi connectivity index (χ0v) is 14.5. The lowest BCUT2D eigenvalue weighted by Crippen LogP contribution is -2.37. The Morgan fingerprint density at radius 3 is 2.89 bits per heavy atom. The molecule has 0 saturated carbocycles. The fourth-order valence-electron chi connectivity index (χ4n) is 2.91. The summed E-state index contributed by atoms with van der Waals surface area (Å²) in [5, 5.41) is 8.67. The van der Waals surface area contributed by atoms with Gasteiger partial charge in [0.15, 0.2) is 23.6 Å². The van der Waals surface area contributed by atoms with E-state index in [1.54, 1.807) is 12.3 Å². The van der Waals surface area contributed by atoms with Crippen LogP contribution in [0.2, 0.25) is 0 Å². The van der Waals surface area contributed by atoms with Crippen molar-refractivity contribution in [2.45, 2.75) is 0 Å². The summed E-state index contributed by atoms with van der Waals surface area (Å²) < 4.78 is 10.8. The van der Waals surface area contributed by atoms with Gasteiger partial charge in [0, 0.05) is 18.7 Å². The Balaban J connectivity index is 1.77. The number of benzene rings is 1. The maximum Gasteiger partial charge on any atom is 0.224 e. The van der Waals surface area contributed by atoms with E-state index in [9.17, 15) is 0 Å². The summed E-state index contributed by atoms with van der Waals surface area (Å²) in [5.41, 5.74) is 8.38. The van der Waals surface area contributed by atoms with Crippen molar-refractivity contribution in [2.75, 3.05) is 43.5 Å². The number of anilines is 2. The summed E-state index contributed by atoms with van der Waals surface area (Å²) in [7, 11) is 0. The van der Waals surface area contributed by atoms with E-state index in [1.165, 1.54) is 0 Å². The summed E-state index contributed by atoms with van der Waals surface area (Å²) in [6.45, 7) is 2.64. The number of rotatable bonds is 4. The second-order valence-corrected chi connectivity index (χ2v) is 5.91. The molecule has 0 spiro atoms. The molecule has 27 heavy (non-hydrogen) atoms. The highest BCUT2D eigenvalue weighted by Crippen LogP contribution is 2.27. The van der Waals surface area contributed by atoms with Crippen LogP contribution in [0.15, 0.2) is 30.5 Å². The van der Waals surface area contributed by atoms with Gasteiger partial charge in [-0.25, -0.2) is 9.97 Å². The van der Waals surface area contributed by atoms with Gasteiger partial charge in [-0.2, -0.15) is 15.2 Å². The van der Waals surface area contributed by atoms with Gasteiger partial charge in [0.1, 0.15) is 11.8 Å². The van der Waals surface area contributed by atoms with E-state index in [2.05, 4.69) is 19.9 Å². The molecule has 3 heterocycles. The van der Waals surface area contributed by atoms with E-state index in [0.29, 0.717) is 54.7 Å². The van der Waals surface area contributed by atoms with Crippen LogP contribution in [0.3, 0.4) is 0 Å². The molecule has 2 N–H and O–H groups in total. The fourth-order valence-corrected chi connectivity index (χ4v) is 2.91. The largest absolute Gasteiger partial charge is 0.479 e. The van der Waals surface area contributed by atoms with Crippen LogP contribution in [0.1, 0.15) is 0 Å². The molecule has 136 valence electrons. The number of hydrogen-bond donors (Lipinski definition) is 1. The van der Waals surface area contributed by atoms with Crippen LogP contribution in [0.5, 0.6) is 5.75 Å². The molecule has 0 aliphatic carbocycles. The monoisotopic (exact) mass is 363 g/mol. The van der Waals surface area contributed by atoms with E-state index in [0.717, 1.165) is 5.56 Å². The van der Waals surface area contributed by atoms with Gasteiger partial charge in [0.25, 0.3) is 0 Å². The van der Waals surface area contributed by atoms with Crippen molar-refractivity contribution in [3.8, 4) is 23.1 Å². The van der Waals surface area contributed by atoms with Gasteiger partial charge in [0.05, 0.1) is 25.1 Å². The first-order valence-corrected chi connectivity index (χ1v) is 8.48. The molecule has 1 aromatic carbocycles. The lowest BCUT2D eigenvalue weighted by atomic mass is 10.1. The second-order valence-electron chi connectivity index (χ2n) is 5.91. The molecule has 2 aromatic heterocycles. The minimum Gasteiger partial charge on any atom is -0.479 e. The van der Waals surface area contributed by atoms with E-state index in [4.69, 9.17) is 25.5 Å². The summed E-state index contributed by atoms with van der Waals surface area (Å²) in [4.78, 5) is 19.8. The summed E-state index contributed by atoms with van der Waals surface area (Å²) in [6.07, 6.45) is 1.64. The van der Waals surface area contributed by atoms with Gasteiger partial charge < -0.3 is 20.1 Å². The number of ether oxygens (including phenoxy) is 2. The van der Waals surface area contributed by atoms with E-state index in [-0.39, 0.29) is 12.6 Å². The van der Waals surface area contributed by atoms with Gasteiger partial charge in [0.2, 0.25) is 5.95 Å². The molecule has 3 aromatic rings. The summed E-state index contributed by atoms with van der Waals surface area (Å²) in [6, 6.07) is 9.31. The van der Waals surface area contributed by atoms with Gasteiger partial charge >= 0.3 is 0 Å². The summed E-state index contributed by atoms with van der Waals surface area (Å²) in [5.74, 6) is 1.42. The third-order valence-corrected chi connectivity index (χ3v) is 4.15. The third-order valence-electron chi connectivity index (χ3n) is 4.15. The number of nitrogens with two attached hydrogens (primary N) is 1. The van der Waals surface area contributed by atoms with Crippen LogP contribution in [0.25, 0.3) is 22.4 Å². The second kappa shape index (κ2) is 7.39. The molecule has 9 heteroatoms. The van der Waals surface area contributed by atoms with E-state index < -0.39 is 0 Å². The molecule has 0 radical (unpaired) electrons. The van der Waals surface area contributed by atoms with Crippen molar-refractivity contribution < 1.29 is 9.47 Å². The fraction of sp³-hybridized carbons (Fsp3) is 0.278. The first-order valence-electron chi connectivity index (χ1n) is 8.48. The van der Waals surface area contributed by atoms with Gasteiger partial charge in [-0.05, 0) is 12.1 Å². The average molecular weight is 363 g/mol. The smallest absolute Gasteiger partial charge is 0.224 e. The zero-order valence-electron chi connectivity index (χ0n) is 14.5. The lowest BCUT2D eigenvalue weighted by Gasteiger charge is -2.28. The Bertz CT molecular complexity index is 1010. The normalized spacial score (nSPS) is 14.1. The molecule has 1 aliphatic heterocycles. The van der Waals surface area contributed by atoms with Gasteiger partial charge in [-0.1, -0.05) is 12.1 Å². The van der Waals surface area contributed by atoms with Gasteiger partial charge in [-0.15, -0.1) is 0 Å². The quantitative estimate of drug-likeness (QED) is 0.732. The maximum atomic E-state index is 8.67. The van der Waals surface area contributed by atoms with Crippen LogP contribution in [0, 0.1) is 11.3 Å². The molecular formula is C18H17N7O2. The maximum absolute atomic E-state index is 8.67. The van der Waals surface area contributed by atoms with E-state index in [1.807, 2.05) is 24.3 Å². The van der Waals surface area contributed by atoms with Gasteiger partial charge in [-0.3, -0.25) is 0 Å². The number of nitrogens with zero attached hydrogens (tertiary/aromatic N) is 6. The van der Waals surface area contributed by atoms with Crippen molar-refractivity contribution in [1.29, 1.82) is 5.26 Å². The molecule has 0 bridgehead atoms. The summed E-state index contributed by atoms with van der Waals surface area (Å²) >= 11 is 0. The van der Waals surface area contributed by atoms with Crippen molar-refractivity contribution in [2.24, 2.45) is 0 Å². The van der Waals surface area contributed by atoms with Crippen LogP contribution < -0.4 is 15.4 Å². The Labute approximate surface area is 155 Å². The predicted molar refractivity (Wildman–Crippen MR) is 99.1 cm³/mol. The van der Waals surface area contributed by atoms with Crippen LogP contribution >= 0.6 is 0 Å². The number of nitriles is 1. The Morgan fingerprint density at radius 2 is 2.07 bits per heavy atom. The Hall–Kier alpha value is -3.51. The highest BCUT2D eigenvalue weighted by molar-refractivity contribution is 5.85. The minimum atomic E-state index is -0.0127. The molecular weight excluding hydrogens is 346 g/mol. The van der Waals surface area contributed by atoms with Crippen molar-refractivity contribution >= 4 is 22.9 Å². The zero-order chi connectivity index (χ0) is 18.6. The van der Waals surface area contributed by atoms with Crippen molar-refractivity contribution in [3.05, 3.63) is 30.5 Å². The first kappa shape index (κ1) is 16.9. The highest BCUT2D eigenvalue weighted by atomic mass is 16.5. The molecule has 4 rings (SSSR count). The van der Waals surface area contributed by atoms with Crippen LogP contribution in [-0.4, -0.2) is 52.8 Å². The standard InChI is InChI=1S/C18H17N7O2/c19-4-7-27-13-3-1-2-12(10-13)14-11-21-16-15(22-14)17(24-18(20)23-16)25-5-8-26-9-6-25/h1-3,10-11H,5-9H2,(H2,20,21,23,24). The topological polar surface area (TPSA) is 123 Å². The lowest BCUT2D eigenvalue weighted by molar-refractivity contribution is 0.122. The molecule has 0 amide bonds. The SMILES string of the molecule is N#CCOc1cccc(-c2cnc3nc(N)nc(N4CCOCC4)c3n2)c1. The highest BCUT2D eigenvalue weighted by Gasteiger charge is 2.19. The molecule has 0 atom stereocenters. The predicted octanol–water partition coefficient (Wildman–Crippen LogP) is 1.41. The first-order chi connectivity index (χ1) is 13.2. The molecule has 1 saturated heterocycles. The number of aromatic nitrogens is 4. The molecule has 0 unspecified atom stereocenters. The Morgan fingerprint density at radius 1 is 1.22 bits per heavy atom. The van der Waals surface area contributed by atoms with Crippen molar-refractivity contribution in [1.82, 2.24) is 19.9 Å². The number of nitrogen functional groups attached to an aromatic ring is 1. The molecule has 1 fully saturated rings.